The molecule has 1 atom stereocenters. The van der Waals surface area contributed by atoms with E-state index in [0.717, 1.165) is 6.07 Å². The second-order valence-electron chi connectivity index (χ2n) is 4.08. The molecule has 0 heterocycles. The number of benzene rings is 1. The maximum absolute atomic E-state index is 13.0. The van der Waals surface area contributed by atoms with Crippen LogP contribution in [0.25, 0.3) is 0 Å². The van der Waals surface area contributed by atoms with Crippen molar-refractivity contribution in [3.8, 4) is 0 Å². The largest absolute Gasteiger partial charge is 0.419 e. The maximum atomic E-state index is 13.0. The molecule has 0 spiro atoms. The quantitative estimate of drug-likeness (QED) is 0.838. The Hall–Kier alpha value is -1.34. The fourth-order valence-corrected chi connectivity index (χ4v) is 1.50. The molecule has 1 unspecified atom stereocenters. The van der Waals surface area contributed by atoms with Gasteiger partial charge in [0.25, 0.3) is 0 Å². The van der Waals surface area contributed by atoms with Crippen molar-refractivity contribution in [1.82, 2.24) is 0 Å². The number of anilines is 1. The summed E-state index contributed by atoms with van der Waals surface area (Å²) in [5, 5.41) is 2.24. The van der Waals surface area contributed by atoms with E-state index in [9.17, 15) is 22.4 Å². The number of alkyl halides is 3. The van der Waals surface area contributed by atoms with Crippen LogP contribution in [0, 0.1) is 5.82 Å². The number of amides is 1. The summed E-state index contributed by atoms with van der Waals surface area (Å²) < 4.78 is 50.4. The van der Waals surface area contributed by atoms with Gasteiger partial charge in [0.05, 0.1) is 11.6 Å². The molecule has 3 nitrogen and oxygen atoms in total. The summed E-state index contributed by atoms with van der Waals surface area (Å²) in [6, 6.07) is 1.46. The van der Waals surface area contributed by atoms with E-state index in [2.05, 4.69) is 5.32 Å². The minimum absolute atomic E-state index is 0. The summed E-state index contributed by atoms with van der Waals surface area (Å²) in [4.78, 5) is 11.5. The summed E-state index contributed by atoms with van der Waals surface area (Å²) in [6.45, 7) is 1.83. The van der Waals surface area contributed by atoms with Crippen LogP contribution in [-0.4, -0.2) is 11.9 Å². The molecule has 0 radical (unpaired) electrons. The monoisotopic (exact) mass is 314 g/mol. The van der Waals surface area contributed by atoms with Crippen LogP contribution >= 0.6 is 12.4 Å². The van der Waals surface area contributed by atoms with Crippen LogP contribution in [-0.2, 0) is 11.0 Å². The van der Waals surface area contributed by atoms with Crippen LogP contribution in [0.3, 0.4) is 0 Å². The van der Waals surface area contributed by atoms with Gasteiger partial charge >= 0.3 is 6.18 Å². The van der Waals surface area contributed by atoms with Crippen LogP contribution in [0.1, 0.15) is 25.3 Å². The Morgan fingerprint density at radius 2 is 2.00 bits per heavy atom. The van der Waals surface area contributed by atoms with E-state index in [-0.39, 0.29) is 18.1 Å². The van der Waals surface area contributed by atoms with E-state index in [1.165, 1.54) is 0 Å². The molecule has 0 aliphatic heterocycles. The number of halogens is 5. The van der Waals surface area contributed by atoms with Crippen molar-refractivity contribution in [3.05, 3.63) is 29.6 Å². The SMILES string of the molecule is CCCC(N)C(=O)Nc1ccc(F)c(C(F)(F)F)c1.Cl. The van der Waals surface area contributed by atoms with Gasteiger partial charge in [-0.25, -0.2) is 4.39 Å². The lowest BCUT2D eigenvalue weighted by Gasteiger charge is -2.13. The van der Waals surface area contributed by atoms with Gasteiger partial charge < -0.3 is 11.1 Å². The Bertz CT molecular complexity index is 465. The summed E-state index contributed by atoms with van der Waals surface area (Å²) in [7, 11) is 0. The first-order valence-electron chi connectivity index (χ1n) is 5.69. The Kier molecular flexibility index (Phi) is 6.95. The van der Waals surface area contributed by atoms with Crippen molar-refractivity contribution in [2.45, 2.75) is 32.0 Å². The van der Waals surface area contributed by atoms with Gasteiger partial charge in [0.1, 0.15) is 5.82 Å². The van der Waals surface area contributed by atoms with E-state index >= 15 is 0 Å². The van der Waals surface area contributed by atoms with Crippen molar-refractivity contribution >= 4 is 24.0 Å². The highest BCUT2D eigenvalue weighted by atomic mass is 35.5. The van der Waals surface area contributed by atoms with Crippen molar-refractivity contribution in [1.29, 1.82) is 0 Å². The van der Waals surface area contributed by atoms with Crippen LogP contribution < -0.4 is 11.1 Å². The Morgan fingerprint density at radius 1 is 1.40 bits per heavy atom. The molecule has 1 aromatic rings. The summed E-state index contributed by atoms with van der Waals surface area (Å²) >= 11 is 0. The average Bonchev–Trinajstić information content (AvgIpc) is 2.30. The van der Waals surface area contributed by atoms with Crippen LogP contribution in [0.2, 0.25) is 0 Å². The van der Waals surface area contributed by atoms with Gasteiger partial charge in [0.2, 0.25) is 5.91 Å². The number of nitrogens with two attached hydrogens (primary N) is 1. The number of hydrogen-bond donors (Lipinski definition) is 2. The van der Waals surface area contributed by atoms with Crippen LogP contribution in [0.5, 0.6) is 0 Å². The normalized spacial score (nSPS) is 12.5. The van der Waals surface area contributed by atoms with Gasteiger partial charge in [-0.3, -0.25) is 4.79 Å². The third-order valence-electron chi connectivity index (χ3n) is 2.48. The lowest BCUT2D eigenvalue weighted by molar-refractivity contribution is -0.140. The Labute approximate surface area is 119 Å². The predicted octanol–water partition coefficient (Wildman–Crippen LogP) is 3.33. The molecule has 8 heteroatoms. The Balaban J connectivity index is 0.00000361. The minimum atomic E-state index is -4.81. The smallest absolute Gasteiger partial charge is 0.325 e. The average molecular weight is 315 g/mol. The molecule has 0 bridgehead atoms. The van der Waals surface area contributed by atoms with Gasteiger partial charge in [0.15, 0.2) is 0 Å². The third-order valence-corrected chi connectivity index (χ3v) is 2.48. The third kappa shape index (κ3) is 4.97. The maximum Gasteiger partial charge on any atom is 0.419 e. The molecular weight excluding hydrogens is 300 g/mol. The van der Waals surface area contributed by atoms with E-state index in [4.69, 9.17) is 5.73 Å². The van der Waals surface area contributed by atoms with Gasteiger partial charge in [0, 0.05) is 5.69 Å². The molecule has 0 fully saturated rings. The summed E-state index contributed by atoms with van der Waals surface area (Å²) in [5.74, 6) is -1.98. The van der Waals surface area contributed by atoms with Crippen molar-refractivity contribution in [3.63, 3.8) is 0 Å². The zero-order chi connectivity index (χ0) is 14.6. The van der Waals surface area contributed by atoms with Gasteiger partial charge in [-0.15, -0.1) is 12.4 Å². The molecule has 0 aliphatic rings. The first-order valence-corrected chi connectivity index (χ1v) is 5.69. The fourth-order valence-electron chi connectivity index (χ4n) is 1.50. The van der Waals surface area contributed by atoms with Crippen molar-refractivity contribution in [2.24, 2.45) is 5.73 Å². The summed E-state index contributed by atoms with van der Waals surface area (Å²) in [5.41, 5.74) is 3.97. The molecule has 1 rings (SSSR count). The van der Waals surface area contributed by atoms with Gasteiger partial charge in [-0.05, 0) is 24.6 Å². The van der Waals surface area contributed by atoms with Gasteiger partial charge in [-0.1, -0.05) is 13.3 Å². The first-order chi connectivity index (χ1) is 8.75. The number of carbonyl (C=O) groups excluding carboxylic acids is 1. The van der Waals surface area contributed by atoms with Crippen molar-refractivity contribution in [2.75, 3.05) is 5.32 Å². The Morgan fingerprint density at radius 3 is 2.50 bits per heavy atom. The molecule has 20 heavy (non-hydrogen) atoms. The topological polar surface area (TPSA) is 55.1 Å². The van der Waals surface area contributed by atoms with Crippen LogP contribution in [0.4, 0.5) is 23.2 Å². The molecule has 0 saturated carbocycles. The second-order valence-corrected chi connectivity index (χ2v) is 4.08. The summed E-state index contributed by atoms with van der Waals surface area (Å²) in [6.07, 6.45) is -3.72. The first kappa shape index (κ1) is 18.7. The van der Waals surface area contributed by atoms with Crippen molar-refractivity contribution < 1.29 is 22.4 Å². The van der Waals surface area contributed by atoms with Gasteiger partial charge in [-0.2, -0.15) is 13.2 Å². The minimum Gasteiger partial charge on any atom is -0.325 e. The number of rotatable bonds is 4. The van der Waals surface area contributed by atoms with E-state index < -0.39 is 29.5 Å². The predicted molar refractivity (Wildman–Crippen MR) is 70.2 cm³/mol. The molecule has 1 amide bonds. The zero-order valence-corrected chi connectivity index (χ0v) is 11.4. The standard InChI is InChI=1S/C12H14F4N2O.ClH/c1-2-3-10(17)11(19)18-7-4-5-9(13)8(6-7)12(14,15)16;/h4-6,10H,2-3,17H2,1H3,(H,18,19);1H. The molecule has 1 aromatic carbocycles. The highest BCUT2D eigenvalue weighted by Gasteiger charge is 2.34. The van der Waals surface area contributed by atoms with E-state index in [0.29, 0.717) is 25.0 Å². The number of nitrogens with one attached hydrogen (secondary N) is 1. The lowest BCUT2D eigenvalue weighted by atomic mass is 10.1. The molecule has 0 aromatic heterocycles. The van der Waals surface area contributed by atoms with Crippen LogP contribution in [0.15, 0.2) is 18.2 Å². The molecule has 114 valence electrons. The highest BCUT2D eigenvalue weighted by molar-refractivity contribution is 5.94. The second kappa shape index (κ2) is 7.44. The number of carbonyl (C=O) groups is 1. The number of hydrogen-bond acceptors (Lipinski definition) is 2. The van der Waals surface area contributed by atoms with E-state index in [1.807, 2.05) is 6.92 Å². The fraction of sp³-hybridized carbons (Fsp3) is 0.417. The molecule has 0 saturated heterocycles. The molecular formula is C12H15ClF4N2O. The molecule has 3 N–H and O–H groups in total. The highest BCUT2D eigenvalue weighted by Crippen LogP contribution is 2.32. The zero-order valence-electron chi connectivity index (χ0n) is 10.6. The molecule has 0 aliphatic carbocycles. The lowest BCUT2D eigenvalue weighted by Crippen LogP contribution is -2.35. The van der Waals surface area contributed by atoms with E-state index in [1.54, 1.807) is 0 Å².